The summed E-state index contributed by atoms with van der Waals surface area (Å²) < 4.78 is 16.8. The van der Waals surface area contributed by atoms with Crippen LogP contribution in [0.1, 0.15) is 290 Å². The van der Waals surface area contributed by atoms with E-state index in [0.717, 1.165) is 109 Å². The van der Waals surface area contributed by atoms with Crippen molar-refractivity contribution in [2.24, 2.45) is 0 Å². The van der Waals surface area contributed by atoms with Crippen LogP contribution in [0.3, 0.4) is 0 Å². The largest absolute Gasteiger partial charge is 0.462 e. The Labute approximate surface area is 439 Å². The van der Waals surface area contributed by atoms with Crippen molar-refractivity contribution in [3.63, 3.8) is 0 Å². The fourth-order valence-electron chi connectivity index (χ4n) is 8.33. The molecule has 0 aromatic carbocycles. The van der Waals surface area contributed by atoms with Gasteiger partial charge in [-0.2, -0.15) is 0 Å². The van der Waals surface area contributed by atoms with Gasteiger partial charge in [0.15, 0.2) is 6.10 Å². The first kappa shape index (κ1) is 67.6. The van der Waals surface area contributed by atoms with Crippen LogP contribution in [-0.2, 0) is 28.6 Å². The summed E-state index contributed by atoms with van der Waals surface area (Å²) in [5.41, 5.74) is 0. The van der Waals surface area contributed by atoms with Gasteiger partial charge in [-0.3, -0.25) is 14.4 Å². The number of hydrogen-bond donors (Lipinski definition) is 0. The van der Waals surface area contributed by atoms with Crippen molar-refractivity contribution in [1.29, 1.82) is 0 Å². The first-order valence-electron chi connectivity index (χ1n) is 30.1. The Bertz CT molecular complexity index is 1370. The predicted octanol–water partition coefficient (Wildman–Crippen LogP) is 20.3. The monoisotopic (exact) mass is 989 g/mol. The SMILES string of the molecule is CC/C=C\C/C=C\C/C=C\C/C=C\C/C=C\CCCCCCCCCCCCCCCC(=O)OCC(COC(=O)CCCCCCC/C=C\CCCC)OC(=O)CCCCCCC/C=C\CCCCCC. The van der Waals surface area contributed by atoms with Crippen molar-refractivity contribution in [3.05, 3.63) is 85.1 Å². The van der Waals surface area contributed by atoms with Crippen LogP contribution in [0, 0.1) is 0 Å². The van der Waals surface area contributed by atoms with Gasteiger partial charge in [-0.25, -0.2) is 0 Å². The molecule has 0 spiro atoms. The standard InChI is InChI=1S/C65H112O6/c1-4-7-10-13-16-19-22-24-25-26-27-28-29-30-31-32-33-34-35-36-37-38-39-41-43-46-49-52-55-58-64(67)70-61-62(60-69-63(66)57-54-51-48-45-42-21-18-15-12-9-6-3)71-65(68)59-56-53-50-47-44-40-23-20-17-14-11-8-5-2/h7,10,15-16,18-20,23-25,27-28,30-31,62H,4-6,8-9,11-14,17,21-22,26,29,32-61H2,1-3H3/b10-7-,18-15-,19-16-,23-20-,25-24-,28-27-,31-30-. The summed E-state index contributed by atoms with van der Waals surface area (Å²) in [7, 11) is 0. The highest BCUT2D eigenvalue weighted by Crippen LogP contribution is 2.16. The maximum Gasteiger partial charge on any atom is 0.306 e. The van der Waals surface area contributed by atoms with Gasteiger partial charge in [0.1, 0.15) is 13.2 Å². The molecule has 0 aromatic rings. The summed E-state index contributed by atoms with van der Waals surface area (Å²) in [6.07, 6.45) is 77.3. The summed E-state index contributed by atoms with van der Waals surface area (Å²) in [5.74, 6) is -0.895. The van der Waals surface area contributed by atoms with Crippen molar-refractivity contribution >= 4 is 17.9 Å². The molecule has 0 rings (SSSR count). The summed E-state index contributed by atoms with van der Waals surface area (Å²) in [6, 6.07) is 0. The van der Waals surface area contributed by atoms with Crippen molar-refractivity contribution in [1.82, 2.24) is 0 Å². The molecule has 0 saturated carbocycles. The number of carbonyl (C=O) groups excluding carboxylic acids is 3. The first-order chi connectivity index (χ1) is 35.0. The van der Waals surface area contributed by atoms with Gasteiger partial charge >= 0.3 is 17.9 Å². The summed E-state index contributed by atoms with van der Waals surface area (Å²) in [4.78, 5) is 38.1. The highest BCUT2D eigenvalue weighted by molar-refractivity contribution is 5.71. The fraction of sp³-hybridized carbons (Fsp3) is 0.738. The van der Waals surface area contributed by atoms with Crippen LogP contribution >= 0.6 is 0 Å². The molecule has 1 atom stereocenters. The molecule has 0 heterocycles. The first-order valence-corrected chi connectivity index (χ1v) is 30.1. The second-order valence-corrected chi connectivity index (χ2v) is 19.9. The minimum Gasteiger partial charge on any atom is -0.462 e. The normalized spacial score (nSPS) is 12.7. The molecule has 0 aromatic heterocycles. The topological polar surface area (TPSA) is 78.9 Å². The minimum absolute atomic E-state index is 0.0814. The molecule has 0 N–H and O–H groups in total. The third kappa shape index (κ3) is 57.4. The van der Waals surface area contributed by atoms with Gasteiger partial charge in [-0.1, -0.05) is 247 Å². The van der Waals surface area contributed by atoms with Gasteiger partial charge in [0.05, 0.1) is 0 Å². The van der Waals surface area contributed by atoms with E-state index in [0.29, 0.717) is 19.3 Å². The average molecular weight is 990 g/mol. The lowest BCUT2D eigenvalue weighted by Crippen LogP contribution is -2.30. The van der Waals surface area contributed by atoms with E-state index >= 15 is 0 Å². The summed E-state index contributed by atoms with van der Waals surface area (Å²) >= 11 is 0. The lowest BCUT2D eigenvalue weighted by atomic mass is 10.0. The molecule has 0 aliphatic carbocycles. The molecule has 0 bridgehead atoms. The number of carbonyl (C=O) groups is 3. The Hall–Kier alpha value is -3.41. The Morgan fingerprint density at radius 3 is 0.915 bits per heavy atom. The number of ether oxygens (including phenoxy) is 3. The van der Waals surface area contributed by atoms with Gasteiger partial charge in [0, 0.05) is 19.3 Å². The summed E-state index contributed by atoms with van der Waals surface area (Å²) in [6.45, 7) is 6.47. The van der Waals surface area contributed by atoms with E-state index in [1.807, 2.05) is 0 Å². The smallest absolute Gasteiger partial charge is 0.306 e. The third-order valence-corrected chi connectivity index (χ3v) is 12.9. The van der Waals surface area contributed by atoms with Crippen LogP contribution in [-0.4, -0.2) is 37.2 Å². The van der Waals surface area contributed by atoms with Crippen LogP contribution in [0.25, 0.3) is 0 Å². The van der Waals surface area contributed by atoms with Crippen LogP contribution in [0.4, 0.5) is 0 Å². The number of allylic oxidation sites excluding steroid dienone is 14. The molecule has 0 aliphatic rings. The maximum atomic E-state index is 12.8. The molecule has 6 nitrogen and oxygen atoms in total. The van der Waals surface area contributed by atoms with Gasteiger partial charge in [0.25, 0.3) is 0 Å². The quantitative estimate of drug-likeness (QED) is 0.0261. The summed E-state index contributed by atoms with van der Waals surface area (Å²) in [5, 5.41) is 0. The van der Waals surface area contributed by atoms with E-state index in [2.05, 4.69) is 106 Å². The molecule has 0 amide bonds. The van der Waals surface area contributed by atoms with Crippen molar-refractivity contribution in [2.75, 3.05) is 13.2 Å². The van der Waals surface area contributed by atoms with Gasteiger partial charge in [0.2, 0.25) is 0 Å². The zero-order chi connectivity index (χ0) is 51.4. The van der Waals surface area contributed by atoms with Gasteiger partial charge < -0.3 is 14.2 Å². The van der Waals surface area contributed by atoms with Gasteiger partial charge in [-0.05, 0) is 109 Å². The number of unbranched alkanes of at least 4 members (excludes halogenated alkanes) is 29. The van der Waals surface area contributed by atoms with Crippen LogP contribution in [0.5, 0.6) is 0 Å². The Morgan fingerprint density at radius 1 is 0.296 bits per heavy atom. The Balaban J connectivity index is 4.18. The molecule has 6 heteroatoms. The number of esters is 3. The highest BCUT2D eigenvalue weighted by atomic mass is 16.6. The predicted molar refractivity (Wildman–Crippen MR) is 307 cm³/mol. The van der Waals surface area contributed by atoms with E-state index in [1.54, 1.807) is 0 Å². The van der Waals surface area contributed by atoms with Crippen LogP contribution in [0.2, 0.25) is 0 Å². The molecule has 0 saturated heterocycles. The second-order valence-electron chi connectivity index (χ2n) is 19.9. The van der Waals surface area contributed by atoms with E-state index in [4.69, 9.17) is 14.2 Å². The zero-order valence-electron chi connectivity index (χ0n) is 46.7. The van der Waals surface area contributed by atoms with E-state index in [1.165, 1.54) is 141 Å². The molecular weight excluding hydrogens is 877 g/mol. The Kier molecular flexibility index (Phi) is 56.3. The Morgan fingerprint density at radius 2 is 0.563 bits per heavy atom. The molecule has 408 valence electrons. The molecule has 0 radical (unpaired) electrons. The fourth-order valence-corrected chi connectivity index (χ4v) is 8.33. The molecular formula is C65H112O6. The van der Waals surface area contributed by atoms with E-state index in [9.17, 15) is 14.4 Å². The lowest BCUT2D eigenvalue weighted by molar-refractivity contribution is -0.167. The van der Waals surface area contributed by atoms with E-state index in [-0.39, 0.29) is 31.1 Å². The molecule has 0 fully saturated rings. The van der Waals surface area contributed by atoms with Crippen molar-refractivity contribution < 1.29 is 28.6 Å². The number of hydrogen-bond acceptors (Lipinski definition) is 6. The zero-order valence-corrected chi connectivity index (χ0v) is 46.7. The van der Waals surface area contributed by atoms with E-state index < -0.39 is 6.10 Å². The van der Waals surface area contributed by atoms with Crippen molar-refractivity contribution in [3.8, 4) is 0 Å². The molecule has 1 unspecified atom stereocenters. The van der Waals surface area contributed by atoms with Crippen LogP contribution < -0.4 is 0 Å². The average Bonchev–Trinajstić information content (AvgIpc) is 3.37. The second kappa shape index (κ2) is 59.2. The third-order valence-electron chi connectivity index (χ3n) is 12.9. The minimum atomic E-state index is -0.783. The maximum absolute atomic E-state index is 12.8. The van der Waals surface area contributed by atoms with Crippen LogP contribution in [0.15, 0.2) is 85.1 Å². The lowest BCUT2D eigenvalue weighted by Gasteiger charge is -2.18. The molecule has 0 aliphatic heterocycles. The van der Waals surface area contributed by atoms with Crippen molar-refractivity contribution in [2.45, 2.75) is 297 Å². The highest BCUT2D eigenvalue weighted by Gasteiger charge is 2.19. The molecule has 71 heavy (non-hydrogen) atoms. The van der Waals surface area contributed by atoms with Gasteiger partial charge in [-0.15, -0.1) is 0 Å². The number of rotatable bonds is 54.